The minimum absolute atomic E-state index is 0.00148. The highest BCUT2D eigenvalue weighted by Gasteiger charge is 2.16. The van der Waals surface area contributed by atoms with Crippen LogP contribution in [0.2, 0.25) is 0 Å². The molecule has 7 heteroatoms. The smallest absolute Gasteiger partial charge is 0.303 e. The van der Waals surface area contributed by atoms with E-state index in [-0.39, 0.29) is 16.6 Å². The molecule has 1 aromatic rings. The summed E-state index contributed by atoms with van der Waals surface area (Å²) in [4.78, 5) is 10.2. The van der Waals surface area contributed by atoms with Crippen molar-refractivity contribution in [3.8, 4) is 0 Å². The Bertz CT molecular complexity index is 354. The van der Waals surface area contributed by atoms with E-state index >= 15 is 0 Å². The normalized spacial score (nSPS) is 10.9. The van der Waals surface area contributed by atoms with Gasteiger partial charge in [-0.3, -0.25) is 9.48 Å². The molecule has 0 atom stereocenters. The molecular weight excluding hydrogens is 274 g/mol. The summed E-state index contributed by atoms with van der Waals surface area (Å²) in [5.41, 5.74) is -0.315. The molecule has 1 aromatic heterocycles. The van der Waals surface area contributed by atoms with Gasteiger partial charge in [-0.05, 0) is 22.4 Å². The monoisotopic (exact) mass is 282 g/mol. The molecule has 0 aromatic carbocycles. The van der Waals surface area contributed by atoms with E-state index < -0.39 is 12.4 Å². The SMILES string of the molecule is O=C(O)CCCn1cc(Br)c(C(F)F)n1. The number of hydrogen-bond donors (Lipinski definition) is 1. The van der Waals surface area contributed by atoms with Gasteiger partial charge in [0.1, 0.15) is 5.69 Å². The van der Waals surface area contributed by atoms with Crippen molar-refractivity contribution in [1.82, 2.24) is 9.78 Å². The first-order valence-electron chi connectivity index (χ1n) is 4.23. The van der Waals surface area contributed by atoms with Crippen molar-refractivity contribution >= 4 is 21.9 Å². The summed E-state index contributed by atoms with van der Waals surface area (Å²) in [6.07, 6.45) is -0.836. The molecule has 0 bridgehead atoms. The van der Waals surface area contributed by atoms with Gasteiger partial charge >= 0.3 is 5.97 Å². The maximum atomic E-state index is 12.3. The van der Waals surface area contributed by atoms with E-state index in [1.54, 1.807) is 0 Å². The summed E-state index contributed by atoms with van der Waals surface area (Å²) in [6, 6.07) is 0. The number of alkyl halides is 2. The minimum atomic E-state index is -2.62. The quantitative estimate of drug-likeness (QED) is 0.903. The van der Waals surface area contributed by atoms with Crippen LogP contribution in [0.5, 0.6) is 0 Å². The van der Waals surface area contributed by atoms with Crippen molar-refractivity contribution < 1.29 is 18.7 Å². The van der Waals surface area contributed by atoms with E-state index in [4.69, 9.17) is 5.11 Å². The lowest BCUT2D eigenvalue weighted by Gasteiger charge is -1.98. The molecule has 1 heterocycles. The van der Waals surface area contributed by atoms with Gasteiger partial charge < -0.3 is 5.11 Å². The Morgan fingerprint density at radius 1 is 1.67 bits per heavy atom. The number of hydrogen-bond acceptors (Lipinski definition) is 2. The standard InChI is InChI=1S/C8H9BrF2N2O2/c9-5-4-13(3-1-2-6(14)15)12-7(5)8(10)11/h4,8H,1-3H2,(H,14,15). The number of carboxylic acids is 1. The van der Waals surface area contributed by atoms with Gasteiger partial charge in [-0.1, -0.05) is 0 Å². The molecular formula is C8H9BrF2N2O2. The highest BCUT2D eigenvalue weighted by atomic mass is 79.9. The van der Waals surface area contributed by atoms with Gasteiger partial charge in [-0.25, -0.2) is 8.78 Å². The van der Waals surface area contributed by atoms with Gasteiger partial charge in [0.05, 0.1) is 4.47 Å². The van der Waals surface area contributed by atoms with Crippen LogP contribution < -0.4 is 0 Å². The van der Waals surface area contributed by atoms with E-state index in [1.807, 2.05) is 0 Å². The van der Waals surface area contributed by atoms with Crippen molar-refractivity contribution in [1.29, 1.82) is 0 Å². The summed E-state index contributed by atoms with van der Waals surface area (Å²) in [6.45, 7) is 0.317. The maximum absolute atomic E-state index is 12.3. The fourth-order valence-electron chi connectivity index (χ4n) is 1.07. The zero-order chi connectivity index (χ0) is 11.4. The van der Waals surface area contributed by atoms with Crippen molar-refractivity contribution in [2.24, 2.45) is 0 Å². The number of aliphatic carboxylic acids is 1. The first-order chi connectivity index (χ1) is 7.00. The molecule has 0 radical (unpaired) electrons. The number of nitrogens with zero attached hydrogens (tertiary/aromatic N) is 2. The molecule has 0 aliphatic rings. The van der Waals surface area contributed by atoms with Crippen molar-refractivity contribution in [3.63, 3.8) is 0 Å². The first kappa shape index (κ1) is 12.1. The van der Waals surface area contributed by atoms with Crippen LogP contribution in [0.1, 0.15) is 25.0 Å². The van der Waals surface area contributed by atoms with Gasteiger partial charge in [0.15, 0.2) is 0 Å². The van der Waals surface area contributed by atoms with Crippen molar-refractivity contribution in [2.45, 2.75) is 25.8 Å². The number of aryl methyl sites for hydroxylation is 1. The number of rotatable bonds is 5. The predicted molar refractivity (Wildman–Crippen MR) is 51.8 cm³/mol. The lowest BCUT2D eigenvalue weighted by molar-refractivity contribution is -0.137. The Hall–Kier alpha value is -0.980. The van der Waals surface area contributed by atoms with E-state index in [0.717, 1.165) is 0 Å². The lowest BCUT2D eigenvalue weighted by atomic mass is 10.3. The molecule has 4 nitrogen and oxygen atoms in total. The van der Waals surface area contributed by atoms with Crippen LogP contribution >= 0.6 is 15.9 Å². The molecule has 15 heavy (non-hydrogen) atoms. The molecule has 1 rings (SSSR count). The lowest BCUT2D eigenvalue weighted by Crippen LogP contribution is -2.03. The average molecular weight is 283 g/mol. The van der Waals surface area contributed by atoms with Gasteiger partial charge in [0, 0.05) is 19.2 Å². The third-order valence-electron chi connectivity index (χ3n) is 1.73. The Balaban J connectivity index is 2.55. The number of carboxylic acid groups (broad SMARTS) is 1. The molecule has 0 spiro atoms. The van der Waals surface area contributed by atoms with Crippen LogP contribution in [-0.4, -0.2) is 20.9 Å². The first-order valence-corrected chi connectivity index (χ1v) is 5.03. The fourth-order valence-corrected chi connectivity index (χ4v) is 1.56. The molecule has 0 unspecified atom stereocenters. The second kappa shape index (κ2) is 5.20. The van der Waals surface area contributed by atoms with Crippen LogP contribution in [0.25, 0.3) is 0 Å². The van der Waals surface area contributed by atoms with Crippen LogP contribution in [0.4, 0.5) is 8.78 Å². The van der Waals surface area contributed by atoms with Crippen LogP contribution in [-0.2, 0) is 11.3 Å². The van der Waals surface area contributed by atoms with Crippen molar-refractivity contribution in [3.05, 3.63) is 16.4 Å². The highest BCUT2D eigenvalue weighted by Crippen LogP contribution is 2.25. The van der Waals surface area contributed by atoms with E-state index in [1.165, 1.54) is 10.9 Å². The summed E-state index contributed by atoms with van der Waals surface area (Å²) in [5.74, 6) is -0.907. The van der Waals surface area contributed by atoms with E-state index in [2.05, 4.69) is 21.0 Å². The molecule has 0 fully saturated rings. The van der Waals surface area contributed by atoms with Gasteiger partial charge in [-0.2, -0.15) is 5.10 Å². The van der Waals surface area contributed by atoms with Crippen LogP contribution in [0.15, 0.2) is 10.7 Å². The number of halogens is 3. The topological polar surface area (TPSA) is 55.1 Å². The minimum Gasteiger partial charge on any atom is -0.481 e. The maximum Gasteiger partial charge on any atom is 0.303 e. The fraction of sp³-hybridized carbons (Fsp3) is 0.500. The van der Waals surface area contributed by atoms with Gasteiger partial charge in [0.2, 0.25) is 0 Å². The summed E-state index contributed by atoms with van der Waals surface area (Å²) in [7, 11) is 0. The molecule has 1 N–H and O–H groups in total. The summed E-state index contributed by atoms with van der Waals surface area (Å²) < 4.78 is 26.1. The zero-order valence-corrected chi connectivity index (χ0v) is 9.25. The van der Waals surface area contributed by atoms with Crippen molar-refractivity contribution in [2.75, 3.05) is 0 Å². The summed E-state index contributed by atoms with van der Waals surface area (Å²) >= 11 is 2.96. The van der Waals surface area contributed by atoms with Gasteiger partial charge in [-0.15, -0.1) is 0 Å². The predicted octanol–water partition coefficient (Wildman–Crippen LogP) is 2.45. The molecule has 0 amide bonds. The second-order valence-electron chi connectivity index (χ2n) is 2.92. The molecule has 0 saturated heterocycles. The molecule has 0 aliphatic carbocycles. The Labute approximate surface area is 93.0 Å². The second-order valence-corrected chi connectivity index (χ2v) is 3.78. The number of carbonyl (C=O) groups is 1. The Kier molecular flexibility index (Phi) is 4.19. The zero-order valence-electron chi connectivity index (χ0n) is 7.66. The Morgan fingerprint density at radius 2 is 2.33 bits per heavy atom. The van der Waals surface area contributed by atoms with E-state index in [0.29, 0.717) is 13.0 Å². The average Bonchev–Trinajstić information content (AvgIpc) is 2.46. The van der Waals surface area contributed by atoms with E-state index in [9.17, 15) is 13.6 Å². The molecule has 0 aliphatic heterocycles. The third-order valence-corrected chi connectivity index (χ3v) is 2.34. The van der Waals surface area contributed by atoms with Gasteiger partial charge in [0.25, 0.3) is 6.43 Å². The Morgan fingerprint density at radius 3 is 2.80 bits per heavy atom. The number of aromatic nitrogens is 2. The van der Waals surface area contributed by atoms with Crippen LogP contribution in [0.3, 0.4) is 0 Å². The molecule has 0 saturated carbocycles. The highest BCUT2D eigenvalue weighted by molar-refractivity contribution is 9.10. The van der Waals surface area contributed by atoms with Crippen LogP contribution in [0, 0.1) is 0 Å². The summed E-state index contributed by atoms with van der Waals surface area (Å²) in [5, 5.41) is 12.0. The largest absolute Gasteiger partial charge is 0.481 e. The molecule has 84 valence electrons. The third kappa shape index (κ3) is 3.58.